The van der Waals surface area contributed by atoms with Crippen molar-refractivity contribution in [3.8, 4) is 0 Å². The zero-order valence-corrected chi connectivity index (χ0v) is 15.6. The van der Waals surface area contributed by atoms with Crippen LogP contribution in [0.15, 0.2) is 36.4 Å². The van der Waals surface area contributed by atoms with Crippen LogP contribution in [0.4, 0.5) is 0 Å². The Morgan fingerprint density at radius 3 is 2.85 bits per heavy atom. The molecule has 2 fully saturated rings. The van der Waals surface area contributed by atoms with Crippen molar-refractivity contribution in [2.24, 2.45) is 5.92 Å². The third-order valence-corrected chi connectivity index (χ3v) is 6.33. The summed E-state index contributed by atoms with van der Waals surface area (Å²) in [6.45, 7) is 2.19. The van der Waals surface area contributed by atoms with E-state index >= 15 is 0 Å². The maximum atomic E-state index is 13.2. The molecule has 1 aromatic heterocycles. The number of amides is 1. The van der Waals surface area contributed by atoms with Gasteiger partial charge < -0.3 is 4.90 Å². The topological polar surface area (TPSA) is 62.2 Å². The van der Waals surface area contributed by atoms with Crippen molar-refractivity contribution in [1.82, 2.24) is 25.5 Å². The summed E-state index contributed by atoms with van der Waals surface area (Å²) in [5, 5.41) is 4.75. The number of benzene rings is 1. The van der Waals surface area contributed by atoms with Gasteiger partial charge in [-0.05, 0) is 24.5 Å². The third kappa shape index (κ3) is 3.28. The van der Waals surface area contributed by atoms with Gasteiger partial charge in [0.15, 0.2) is 0 Å². The molecule has 2 aliphatic heterocycles. The molecule has 3 unspecified atom stereocenters. The molecule has 6 nitrogen and oxygen atoms in total. The maximum absolute atomic E-state index is 13.2. The molecule has 1 aliphatic carbocycles. The summed E-state index contributed by atoms with van der Waals surface area (Å²) in [5.41, 5.74) is 10.2. The van der Waals surface area contributed by atoms with Gasteiger partial charge >= 0.3 is 0 Å². The highest BCUT2D eigenvalue weighted by Gasteiger charge is 2.43. The summed E-state index contributed by atoms with van der Waals surface area (Å²) in [4.78, 5) is 15.2. The van der Waals surface area contributed by atoms with Gasteiger partial charge in [0.05, 0.1) is 24.5 Å². The molecule has 0 radical (unpaired) electrons. The molecule has 5 rings (SSSR count). The predicted molar refractivity (Wildman–Crippen MR) is 103 cm³/mol. The van der Waals surface area contributed by atoms with Crippen molar-refractivity contribution in [3.63, 3.8) is 0 Å². The molecule has 1 saturated carbocycles. The first-order valence-electron chi connectivity index (χ1n) is 10.2. The van der Waals surface area contributed by atoms with Crippen LogP contribution in [0.25, 0.3) is 0 Å². The standard InChI is InChI=1S/C21H27N5O/c27-21(20-18-8-4-5-9-19(18)22-23-20)25-10-11-26-17(14-25)13-16(24-26)12-15-6-2-1-3-7-15/h1-3,6-7,13,18-20,22-23H,4-5,8-12,14H2. The Labute approximate surface area is 159 Å². The van der Waals surface area contributed by atoms with E-state index in [0.29, 0.717) is 18.5 Å². The van der Waals surface area contributed by atoms with Crippen LogP contribution in [0.2, 0.25) is 0 Å². The first kappa shape index (κ1) is 17.0. The third-order valence-electron chi connectivity index (χ3n) is 6.33. The van der Waals surface area contributed by atoms with E-state index in [2.05, 4.69) is 45.9 Å². The van der Waals surface area contributed by atoms with Gasteiger partial charge in [-0.15, -0.1) is 0 Å². The number of carbonyl (C=O) groups is 1. The highest BCUT2D eigenvalue weighted by Crippen LogP contribution is 2.31. The number of hydrogen-bond donors (Lipinski definition) is 2. The van der Waals surface area contributed by atoms with E-state index in [9.17, 15) is 4.79 Å². The molecule has 142 valence electrons. The molecule has 3 atom stereocenters. The van der Waals surface area contributed by atoms with Crippen LogP contribution < -0.4 is 10.9 Å². The first-order chi connectivity index (χ1) is 13.3. The first-order valence-corrected chi connectivity index (χ1v) is 10.2. The molecular formula is C21H27N5O. The summed E-state index contributed by atoms with van der Waals surface area (Å²) in [6, 6.07) is 13.0. The number of nitrogens with one attached hydrogen (secondary N) is 2. The Balaban J connectivity index is 1.27. The van der Waals surface area contributed by atoms with Crippen molar-refractivity contribution in [1.29, 1.82) is 0 Å². The van der Waals surface area contributed by atoms with Crippen LogP contribution in [0.1, 0.15) is 42.6 Å². The summed E-state index contributed by atoms with van der Waals surface area (Å²) < 4.78 is 2.08. The van der Waals surface area contributed by atoms with E-state index in [4.69, 9.17) is 5.10 Å². The largest absolute Gasteiger partial charge is 0.334 e. The van der Waals surface area contributed by atoms with Gasteiger partial charge in [-0.2, -0.15) is 5.10 Å². The minimum Gasteiger partial charge on any atom is -0.334 e. The summed E-state index contributed by atoms with van der Waals surface area (Å²) in [6.07, 6.45) is 5.67. The van der Waals surface area contributed by atoms with E-state index in [1.165, 1.54) is 24.8 Å². The molecule has 2 aromatic rings. The molecule has 3 aliphatic rings. The average molecular weight is 365 g/mol. The van der Waals surface area contributed by atoms with Crippen LogP contribution in [-0.2, 0) is 24.3 Å². The Kier molecular flexibility index (Phi) is 4.45. The second-order valence-corrected chi connectivity index (χ2v) is 8.09. The fourth-order valence-corrected chi connectivity index (χ4v) is 4.89. The minimum absolute atomic E-state index is 0.0754. The molecule has 1 amide bonds. The SMILES string of the molecule is O=C(C1NNC2CCCCC21)N1CCn2nc(Cc3ccccc3)cc2C1. The Morgan fingerprint density at radius 2 is 1.96 bits per heavy atom. The fraction of sp³-hybridized carbons (Fsp3) is 0.524. The van der Waals surface area contributed by atoms with Gasteiger partial charge in [0.2, 0.25) is 5.91 Å². The van der Waals surface area contributed by atoms with E-state index in [-0.39, 0.29) is 11.9 Å². The van der Waals surface area contributed by atoms with Crippen molar-refractivity contribution in [2.45, 2.75) is 57.3 Å². The summed E-state index contributed by atoms with van der Waals surface area (Å²) in [5.74, 6) is 0.681. The van der Waals surface area contributed by atoms with Crippen LogP contribution in [0.3, 0.4) is 0 Å². The number of aromatic nitrogens is 2. The van der Waals surface area contributed by atoms with E-state index in [1.807, 2.05) is 11.0 Å². The monoisotopic (exact) mass is 365 g/mol. The number of fused-ring (bicyclic) bond motifs is 2. The molecule has 1 aromatic carbocycles. The molecular weight excluding hydrogens is 338 g/mol. The van der Waals surface area contributed by atoms with Gasteiger partial charge in [0.25, 0.3) is 0 Å². The Hall–Kier alpha value is -2.18. The van der Waals surface area contributed by atoms with Crippen LogP contribution in [0.5, 0.6) is 0 Å². The lowest BCUT2D eigenvalue weighted by Gasteiger charge is -2.32. The molecule has 2 N–H and O–H groups in total. The predicted octanol–water partition coefficient (Wildman–Crippen LogP) is 1.85. The van der Waals surface area contributed by atoms with Gasteiger partial charge in [0, 0.05) is 24.9 Å². The van der Waals surface area contributed by atoms with E-state index in [0.717, 1.165) is 37.3 Å². The number of hydrazine groups is 1. The smallest absolute Gasteiger partial charge is 0.241 e. The van der Waals surface area contributed by atoms with E-state index in [1.54, 1.807) is 0 Å². The lowest BCUT2D eigenvalue weighted by Crippen LogP contribution is -2.50. The van der Waals surface area contributed by atoms with Crippen molar-refractivity contribution >= 4 is 5.91 Å². The number of nitrogens with zero attached hydrogens (tertiary/aromatic N) is 3. The maximum Gasteiger partial charge on any atom is 0.241 e. The van der Waals surface area contributed by atoms with Gasteiger partial charge in [-0.3, -0.25) is 14.9 Å². The lowest BCUT2D eigenvalue weighted by atomic mass is 9.81. The normalized spacial score (nSPS) is 27.3. The highest BCUT2D eigenvalue weighted by atomic mass is 16.2. The molecule has 0 spiro atoms. The lowest BCUT2D eigenvalue weighted by molar-refractivity contribution is -0.135. The molecule has 3 heterocycles. The van der Waals surface area contributed by atoms with Gasteiger partial charge in [-0.1, -0.05) is 43.2 Å². The second kappa shape index (κ2) is 7.09. The van der Waals surface area contributed by atoms with Crippen LogP contribution >= 0.6 is 0 Å². The molecule has 6 heteroatoms. The Morgan fingerprint density at radius 1 is 1.11 bits per heavy atom. The summed E-state index contributed by atoms with van der Waals surface area (Å²) >= 11 is 0. The number of carbonyl (C=O) groups excluding carboxylic acids is 1. The zero-order chi connectivity index (χ0) is 18.2. The summed E-state index contributed by atoms with van der Waals surface area (Å²) in [7, 11) is 0. The van der Waals surface area contributed by atoms with E-state index < -0.39 is 0 Å². The van der Waals surface area contributed by atoms with Crippen molar-refractivity contribution < 1.29 is 4.79 Å². The average Bonchev–Trinajstić information content (AvgIpc) is 3.31. The van der Waals surface area contributed by atoms with Crippen LogP contribution in [-0.4, -0.2) is 39.2 Å². The molecule has 0 bridgehead atoms. The number of hydrogen-bond acceptors (Lipinski definition) is 4. The number of rotatable bonds is 3. The van der Waals surface area contributed by atoms with Gasteiger partial charge in [0.1, 0.15) is 6.04 Å². The fourth-order valence-electron chi connectivity index (χ4n) is 4.89. The Bertz CT molecular complexity index is 817. The highest BCUT2D eigenvalue weighted by molar-refractivity contribution is 5.82. The quantitative estimate of drug-likeness (QED) is 0.872. The second-order valence-electron chi connectivity index (χ2n) is 8.09. The zero-order valence-electron chi connectivity index (χ0n) is 15.6. The van der Waals surface area contributed by atoms with Gasteiger partial charge in [-0.25, -0.2) is 5.43 Å². The van der Waals surface area contributed by atoms with Crippen molar-refractivity contribution in [3.05, 3.63) is 53.3 Å². The molecule has 1 saturated heterocycles. The molecule has 27 heavy (non-hydrogen) atoms. The van der Waals surface area contributed by atoms with Crippen molar-refractivity contribution in [2.75, 3.05) is 6.54 Å². The minimum atomic E-state index is -0.0754. The van der Waals surface area contributed by atoms with Crippen LogP contribution in [0, 0.1) is 5.92 Å².